The van der Waals surface area contributed by atoms with E-state index >= 15 is 0 Å². The van der Waals surface area contributed by atoms with Crippen LogP contribution in [0.25, 0.3) is 0 Å². The average Bonchev–Trinajstić information content (AvgIpc) is 2.64. The number of hydrogen-bond acceptors (Lipinski definition) is 4. The van der Waals surface area contributed by atoms with Gasteiger partial charge in [-0.1, -0.05) is 0 Å². The summed E-state index contributed by atoms with van der Waals surface area (Å²) in [4.78, 5) is 15.3. The molecule has 0 saturated carbocycles. The minimum atomic E-state index is -5.02. The lowest BCUT2D eigenvalue weighted by atomic mass is 9.70. The second-order valence-electron chi connectivity index (χ2n) is 6.08. The number of nitrogens with two attached hydrogens (primary N) is 1. The van der Waals surface area contributed by atoms with Crippen molar-refractivity contribution >= 4 is 11.7 Å². The van der Waals surface area contributed by atoms with Gasteiger partial charge in [0.15, 0.2) is 6.10 Å². The number of hydrogen-bond donors (Lipinski definition) is 2. The molecule has 3 N–H and O–H groups in total. The van der Waals surface area contributed by atoms with Crippen molar-refractivity contribution in [1.82, 2.24) is 4.98 Å². The standard InChI is InChI=1S/C13H11F5O3.C5H6N2/c14-7-2-3-9(15)8(6-7)12(11(19)20)4-1-5-21-10(12)13(16,17)18;6-5-2-1-3-7-4-5/h2-3,6,10H,1,4-5H2,(H,19,20);1-4H,6H2. The van der Waals surface area contributed by atoms with E-state index in [0.717, 1.165) is 0 Å². The third-order valence-electron chi connectivity index (χ3n) is 4.22. The smallest absolute Gasteiger partial charge is 0.416 e. The van der Waals surface area contributed by atoms with Crippen molar-refractivity contribution in [3.8, 4) is 0 Å². The number of nitrogen functional groups attached to an aromatic ring is 1. The average molecular weight is 404 g/mol. The Morgan fingerprint density at radius 2 is 2.00 bits per heavy atom. The molecule has 0 spiro atoms. The minimum Gasteiger partial charge on any atom is -0.480 e. The van der Waals surface area contributed by atoms with E-state index in [9.17, 15) is 31.9 Å². The molecule has 1 aliphatic rings. The largest absolute Gasteiger partial charge is 0.480 e. The Hall–Kier alpha value is -2.75. The molecule has 2 aromatic rings. The van der Waals surface area contributed by atoms with Crippen LogP contribution in [-0.4, -0.2) is 34.9 Å². The summed E-state index contributed by atoms with van der Waals surface area (Å²) in [6.45, 7) is -0.295. The number of aliphatic carboxylic acids is 1. The molecule has 152 valence electrons. The minimum absolute atomic E-state index is 0.00513. The molecule has 10 heteroatoms. The molecule has 1 saturated heterocycles. The molecule has 0 bridgehead atoms. The van der Waals surface area contributed by atoms with Crippen molar-refractivity contribution in [1.29, 1.82) is 0 Å². The van der Waals surface area contributed by atoms with Gasteiger partial charge in [0.1, 0.15) is 17.0 Å². The van der Waals surface area contributed by atoms with Crippen LogP contribution in [-0.2, 0) is 14.9 Å². The van der Waals surface area contributed by atoms with E-state index in [4.69, 9.17) is 5.73 Å². The maximum absolute atomic E-state index is 13.9. The summed E-state index contributed by atoms with van der Waals surface area (Å²) in [5.41, 5.74) is 2.46. The molecule has 2 unspecified atom stereocenters. The lowest BCUT2D eigenvalue weighted by molar-refractivity contribution is -0.255. The number of benzene rings is 1. The first-order valence-electron chi connectivity index (χ1n) is 8.12. The Morgan fingerprint density at radius 3 is 2.50 bits per heavy atom. The number of pyridine rings is 1. The maximum atomic E-state index is 13.9. The zero-order valence-electron chi connectivity index (χ0n) is 14.4. The Bertz CT molecular complexity index is 817. The van der Waals surface area contributed by atoms with E-state index in [1.54, 1.807) is 24.5 Å². The number of carboxylic acids is 1. The predicted molar refractivity (Wildman–Crippen MR) is 89.4 cm³/mol. The van der Waals surface area contributed by atoms with Crippen LogP contribution >= 0.6 is 0 Å². The molecule has 0 radical (unpaired) electrons. The fraction of sp³-hybridized carbons (Fsp3) is 0.333. The van der Waals surface area contributed by atoms with Gasteiger partial charge in [-0.3, -0.25) is 9.78 Å². The number of halogens is 5. The second kappa shape index (κ2) is 8.51. The number of nitrogens with zero attached hydrogens (tertiary/aromatic N) is 1. The maximum Gasteiger partial charge on any atom is 0.416 e. The van der Waals surface area contributed by atoms with Crippen molar-refractivity contribution in [2.24, 2.45) is 0 Å². The highest BCUT2D eigenvalue weighted by Crippen LogP contribution is 2.46. The fourth-order valence-corrected chi connectivity index (χ4v) is 3.02. The van der Waals surface area contributed by atoms with Gasteiger partial charge in [-0.25, -0.2) is 8.78 Å². The molecule has 0 amide bonds. The van der Waals surface area contributed by atoms with Crippen molar-refractivity contribution < 1.29 is 36.6 Å². The highest BCUT2D eigenvalue weighted by Gasteiger charge is 2.62. The second-order valence-corrected chi connectivity index (χ2v) is 6.08. The van der Waals surface area contributed by atoms with Gasteiger partial charge in [-0.05, 0) is 43.2 Å². The molecule has 1 aliphatic heterocycles. The van der Waals surface area contributed by atoms with Crippen LogP contribution in [0.4, 0.5) is 27.6 Å². The Balaban J connectivity index is 0.000000336. The third kappa shape index (κ3) is 4.56. The predicted octanol–water partition coefficient (Wildman–Crippen LogP) is 3.69. The zero-order chi connectivity index (χ0) is 20.9. The quantitative estimate of drug-likeness (QED) is 0.746. The van der Waals surface area contributed by atoms with E-state index < -0.39 is 47.3 Å². The first kappa shape index (κ1) is 21.5. The van der Waals surface area contributed by atoms with E-state index in [0.29, 0.717) is 23.9 Å². The molecule has 1 aromatic heterocycles. The fourth-order valence-electron chi connectivity index (χ4n) is 3.02. The SMILES string of the molecule is Nc1cccnc1.O=C(O)C1(c2cc(F)ccc2F)CCCOC1C(F)(F)F. The van der Waals surface area contributed by atoms with Crippen molar-refractivity contribution in [3.63, 3.8) is 0 Å². The number of ether oxygens (including phenoxy) is 1. The van der Waals surface area contributed by atoms with Gasteiger partial charge in [-0.2, -0.15) is 13.2 Å². The molecular weight excluding hydrogens is 387 g/mol. The normalized spacial score (nSPS) is 22.1. The van der Waals surface area contributed by atoms with Gasteiger partial charge in [0.05, 0.1) is 5.69 Å². The summed E-state index contributed by atoms with van der Waals surface area (Å²) in [6.07, 6.45) is -4.94. The van der Waals surface area contributed by atoms with Gasteiger partial charge >= 0.3 is 12.1 Å². The first-order chi connectivity index (χ1) is 13.1. The van der Waals surface area contributed by atoms with Gasteiger partial charge in [0.25, 0.3) is 0 Å². The molecule has 3 rings (SSSR count). The van der Waals surface area contributed by atoms with Gasteiger partial charge < -0.3 is 15.6 Å². The van der Waals surface area contributed by atoms with Gasteiger partial charge in [0.2, 0.25) is 0 Å². The summed E-state index contributed by atoms with van der Waals surface area (Å²) in [5.74, 6) is -4.12. The zero-order valence-corrected chi connectivity index (χ0v) is 14.4. The number of alkyl halides is 3. The van der Waals surface area contributed by atoms with Crippen LogP contribution in [0.15, 0.2) is 42.7 Å². The summed E-state index contributed by atoms with van der Waals surface area (Å²) >= 11 is 0. The van der Waals surface area contributed by atoms with Crippen LogP contribution in [0.1, 0.15) is 18.4 Å². The number of aromatic nitrogens is 1. The number of anilines is 1. The Morgan fingerprint density at radius 1 is 1.29 bits per heavy atom. The van der Waals surface area contributed by atoms with Crippen LogP contribution in [0, 0.1) is 11.6 Å². The molecule has 0 aliphatic carbocycles. The number of carbonyl (C=O) groups is 1. The van der Waals surface area contributed by atoms with Crippen LogP contribution in [0.3, 0.4) is 0 Å². The van der Waals surface area contributed by atoms with Crippen LogP contribution < -0.4 is 5.73 Å². The summed E-state index contributed by atoms with van der Waals surface area (Å²) in [7, 11) is 0. The number of carboxylic acid groups (broad SMARTS) is 1. The van der Waals surface area contributed by atoms with Gasteiger partial charge in [-0.15, -0.1) is 0 Å². The Labute approximate surface area is 156 Å². The number of rotatable bonds is 2. The van der Waals surface area contributed by atoms with E-state index in [-0.39, 0.29) is 13.0 Å². The molecule has 1 fully saturated rings. The van der Waals surface area contributed by atoms with Crippen molar-refractivity contribution in [2.45, 2.75) is 30.5 Å². The van der Waals surface area contributed by atoms with E-state index in [2.05, 4.69) is 9.72 Å². The van der Waals surface area contributed by atoms with E-state index in [1.165, 1.54) is 0 Å². The third-order valence-corrected chi connectivity index (χ3v) is 4.22. The topological polar surface area (TPSA) is 85.4 Å². The van der Waals surface area contributed by atoms with Crippen molar-refractivity contribution in [2.75, 3.05) is 12.3 Å². The molecule has 2 heterocycles. The molecule has 1 aromatic carbocycles. The lowest BCUT2D eigenvalue weighted by Gasteiger charge is -2.41. The van der Waals surface area contributed by atoms with Crippen LogP contribution in [0.5, 0.6) is 0 Å². The lowest BCUT2D eigenvalue weighted by Crippen LogP contribution is -2.57. The summed E-state index contributed by atoms with van der Waals surface area (Å²) in [6, 6.07) is 5.40. The molecule has 5 nitrogen and oxygen atoms in total. The highest BCUT2D eigenvalue weighted by molar-refractivity contribution is 5.83. The monoisotopic (exact) mass is 404 g/mol. The molecule has 28 heavy (non-hydrogen) atoms. The summed E-state index contributed by atoms with van der Waals surface area (Å²) < 4.78 is 71.0. The summed E-state index contributed by atoms with van der Waals surface area (Å²) in [5, 5.41) is 9.32. The molecule has 2 atom stereocenters. The Kier molecular flexibility index (Phi) is 6.55. The van der Waals surface area contributed by atoms with Gasteiger partial charge in [0, 0.05) is 24.6 Å². The van der Waals surface area contributed by atoms with E-state index in [1.807, 2.05) is 0 Å². The first-order valence-corrected chi connectivity index (χ1v) is 8.12. The molecular formula is C18H17F5N2O3. The highest BCUT2D eigenvalue weighted by atomic mass is 19.4. The van der Waals surface area contributed by atoms with Crippen LogP contribution in [0.2, 0.25) is 0 Å². The van der Waals surface area contributed by atoms with Crippen molar-refractivity contribution in [3.05, 3.63) is 59.9 Å².